The standard InChI is InChI=1S/C18H23Cl2N3O3.HNO3/c1-2-3-4-7-24-9-15-10-25-18(26-15,11-23-13-21-12-22-23)16-6-5-14(19)8-17(16)20;2-1(3)4/h5-6,8,12-13,15H,2-4,7,9-11H2,1H3;(H,2,3,4). The van der Waals surface area contributed by atoms with Gasteiger partial charge in [0.15, 0.2) is 0 Å². The van der Waals surface area contributed by atoms with E-state index in [1.165, 1.54) is 19.2 Å². The number of nitrogens with zero attached hydrogens (tertiary/aromatic N) is 4. The minimum atomic E-state index is -1.50. The second-order valence-corrected chi connectivity index (χ2v) is 7.38. The molecule has 1 saturated heterocycles. The van der Waals surface area contributed by atoms with Gasteiger partial charge in [-0.25, -0.2) is 9.67 Å². The first-order chi connectivity index (χ1) is 14.4. The van der Waals surface area contributed by atoms with Crippen LogP contribution in [0, 0.1) is 10.1 Å². The number of ether oxygens (including phenoxy) is 3. The van der Waals surface area contributed by atoms with Gasteiger partial charge in [-0.15, -0.1) is 10.1 Å². The van der Waals surface area contributed by atoms with Crippen molar-refractivity contribution in [3.8, 4) is 0 Å². The zero-order chi connectivity index (χ0) is 22.0. The molecule has 1 fully saturated rings. The molecule has 1 N–H and O–H groups in total. The number of benzene rings is 1. The third kappa shape index (κ3) is 7.37. The summed E-state index contributed by atoms with van der Waals surface area (Å²) in [5, 5.41) is 18.8. The van der Waals surface area contributed by atoms with Gasteiger partial charge in [-0.3, -0.25) is 0 Å². The summed E-state index contributed by atoms with van der Waals surface area (Å²) < 4.78 is 19.8. The van der Waals surface area contributed by atoms with Crippen LogP contribution in [0.4, 0.5) is 0 Å². The molecular formula is C18H24Cl2N4O6. The van der Waals surface area contributed by atoms with Gasteiger partial charge < -0.3 is 19.4 Å². The van der Waals surface area contributed by atoms with Crippen molar-refractivity contribution in [2.75, 3.05) is 19.8 Å². The van der Waals surface area contributed by atoms with Crippen LogP contribution < -0.4 is 0 Å². The fourth-order valence-electron chi connectivity index (χ4n) is 2.95. The lowest BCUT2D eigenvalue weighted by molar-refractivity contribution is -0.742. The van der Waals surface area contributed by atoms with E-state index in [9.17, 15) is 0 Å². The van der Waals surface area contributed by atoms with E-state index in [-0.39, 0.29) is 6.10 Å². The predicted octanol–water partition coefficient (Wildman–Crippen LogP) is 3.71. The Morgan fingerprint density at radius 2 is 2.20 bits per heavy atom. The fraction of sp³-hybridized carbons (Fsp3) is 0.556. The summed E-state index contributed by atoms with van der Waals surface area (Å²) >= 11 is 12.5. The van der Waals surface area contributed by atoms with Gasteiger partial charge in [0.05, 0.1) is 18.2 Å². The van der Waals surface area contributed by atoms with Crippen LogP contribution in [-0.4, -0.2) is 51.0 Å². The second-order valence-electron chi connectivity index (χ2n) is 6.54. The van der Waals surface area contributed by atoms with Crippen LogP contribution in [0.2, 0.25) is 10.0 Å². The molecule has 2 heterocycles. The van der Waals surface area contributed by atoms with Crippen LogP contribution in [-0.2, 0) is 26.5 Å². The Morgan fingerprint density at radius 3 is 2.83 bits per heavy atom. The Morgan fingerprint density at radius 1 is 1.43 bits per heavy atom. The molecule has 1 aromatic heterocycles. The molecule has 0 spiro atoms. The number of unbranched alkanes of at least 4 members (excludes halogenated alkanes) is 2. The number of aromatic nitrogens is 3. The lowest BCUT2D eigenvalue weighted by Crippen LogP contribution is -2.35. The maximum atomic E-state index is 8.36. The average Bonchev–Trinajstić information content (AvgIpc) is 3.32. The number of hydrogen-bond donors (Lipinski definition) is 1. The molecule has 0 amide bonds. The first kappa shape index (κ1) is 24.3. The third-order valence-corrected chi connectivity index (χ3v) is 4.78. The van der Waals surface area contributed by atoms with Crippen LogP contribution >= 0.6 is 23.2 Å². The molecule has 2 atom stereocenters. The van der Waals surface area contributed by atoms with E-state index in [2.05, 4.69) is 17.0 Å². The molecule has 2 aromatic rings. The third-order valence-electron chi connectivity index (χ3n) is 4.23. The van der Waals surface area contributed by atoms with Crippen molar-refractivity contribution in [3.63, 3.8) is 0 Å². The van der Waals surface area contributed by atoms with Crippen LogP contribution in [0.1, 0.15) is 31.7 Å². The molecule has 1 aliphatic heterocycles. The van der Waals surface area contributed by atoms with E-state index in [1.54, 1.807) is 23.1 Å². The van der Waals surface area contributed by atoms with Crippen molar-refractivity contribution in [2.24, 2.45) is 0 Å². The van der Waals surface area contributed by atoms with E-state index in [0.29, 0.717) is 35.4 Å². The molecule has 0 bridgehead atoms. The molecule has 0 radical (unpaired) electrons. The topological polar surface area (TPSA) is 122 Å². The Labute approximate surface area is 183 Å². The minimum Gasteiger partial charge on any atom is -0.379 e. The molecule has 3 rings (SSSR count). The largest absolute Gasteiger partial charge is 0.379 e. The highest BCUT2D eigenvalue weighted by Crippen LogP contribution is 2.40. The van der Waals surface area contributed by atoms with E-state index in [0.717, 1.165) is 13.0 Å². The van der Waals surface area contributed by atoms with Crippen molar-refractivity contribution in [3.05, 3.63) is 56.6 Å². The summed E-state index contributed by atoms with van der Waals surface area (Å²) in [7, 11) is 0. The van der Waals surface area contributed by atoms with Gasteiger partial charge in [0.2, 0.25) is 5.79 Å². The van der Waals surface area contributed by atoms with E-state index < -0.39 is 10.9 Å². The van der Waals surface area contributed by atoms with Gasteiger partial charge in [0, 0.05) is 17.2 Å². The first-order valence-electron chi connectivity index (χ1n) is 9.37. The van der Waals surface area contributed by atoms with E-state index in [1.807, 2.05) is 6.07 Å². The highest BCUT2D eigenvalue weighted by atomic mass is 35.5. The molecule has 0 saturated carbocycles. The van der Waals surface area contributed by atoms with E-state index >= 15 is 0 Å². The SMILES string of the molecule is CCCCCOCC1COC(Cn2cncn2)(c2ccc(Cl)cc2Cl)O1.O=[N+]([O-])O. The van der Waals surface area contributed by atoms with Crippen molar-refractivity contribution >= 4 is 23.2 Å². The van der Waals surface area contributed by atoms with E-state index in [4.69, 9.17) is 52.7 Å². The highest BCUT2D eigenvalue weighted by molar-refractivity contribution is 6.35. The van der Waals surface area contributed by atoms with Crippen LogP contribution in [0.5, 0.6) is 0 Å². The summed E-state index contributed by atoms with van der Waals surface area (Å²) in [5.74, 6) is -1.05. The Bertz CT molecular complexity index is 791. The average molecular weight is 463 g/mol. The summed E-state index contributed by atoms with van der Waals surface area (Å²) in [6, 6.07) is 5.28. The smallest absolute Gasteiger partial charge is 0.291 e. The summed E-state index contributed by atoms with van der Waals surface area (Å²) in [6.07, 6.45) is 6.30. The molecule has 166 valence electrons. The predicted molar refractivity (Wildman–Crippen MR) is 108 cm³/mol. The van der Waals surface area contributed by atoms with Crippen molar-refractivity contribution in [1.29, 1.82) is 0 Å². The maximum absolute atomic E-state index is 8.36. The minimum absolute atomic E-state index is 0.174. The normalized spacial score (nSPS) is 20.6. The highest BCUT2D eigenvalue weighted by Gasteiger charge is 2.45. The summed E-state index contributed by atoms with van der Waals surface area (Å²) in [6.45, 7) is 4.13. The molecular weight excluding hydrogens is 439 g/mol. The van der Waals surface area contributed by atoms with Gasteiger partial charge in [0.25, 0.3) is 5.09 Å². The summed E-state index contributed by atoms with van der Waals surface area (Å²) in [4.78, 5) is 12.3. The number of hydrogen-bond acceptors (Lipinski definition) is 7. The van der Waals surface area contributed by atoms with Gasteiger partial charge >= 0.3 is 0 Å². The fourth-order valence-corrected chi connectivity index (χ4v) is 3.50. The first-order valence-corrected chi connectivity index (χ1v) is 10.1. The van der Waals surface area contributed by atoms with Gasteiger partial charge in [0.1, 0.15) is 25.3 Å². The van der Waals surface area contributed by atoms with Gasteiger partial charge in [-0.2, -0.15) is 5.10 Å². The molecule has 1 aliphatic rings. The molecule has 1 aromatic carbocycles. The van der Waals surface area contributed by atoms with Gasteiger partial charge in [-0.05, 0) is 18.6 Å². The molecule has 10 nitrogen and oxygen atoms in total. The van der Waals surface area contributed by atoms with Crippen molar-refractivity contribution < 1.29 is 24.5 Å². The molecule has 30 heavy (non-hydrogen) atoms. The maximum Gasteiger partial charge on any atom is 0.291 e. The quantitative estimate of drug-likeness (QED) is 0.339. The van der Waals surface area contributed by atoms with Crippen LogP contribution in [0.15, 0.2) is 30.9 Å². The Kier molecular flexibility index (Phi) is 9.73. The number of rotatable bonds is 9. The van der Waals surface area contributed by atoms with Crippen molar-refractivity contribution in [2.45, 2.75) is 44.6 Å². The van der Waals surface area contributed by atoms with Crippen LogP contribution in [0.25, 0.3) is 0 Å². The zero-order valence-electron chi connectivity index (χ0n) is 16.4. The second kappa shape index (κ2) is 12.0. The molecule has 0 aliphatic carbocycles. The lowest BCUT2D eigenvalue weighted by Gasteiger charge is -2.29. The molecule has 2 unspecified atom stereocenters. The van der Waals surface area contributed by atoms with Gasteiger partial charge in [-0.1, -0.05) is 49.0 Å². The Balaban J connectivity index is 0.000000735. The summed E-state index contributed by atoms with van der Waals surface area (Å²) in [5.41, 5.74) is 0.715. The zero-order valence-corrected chi connectivity index (χ0v) is 18.0. The number of halogens is 2. The van der Waals surface area contributed by atoms with Crippen molar-refractivity contribution in [1.82, 2.24) is 14.8 Å². The lowest BCUT2D eigenvalue weighted by atomic mass is 10.1. The monoisotopic (exact) mass is 462 g/mol. The Hall–Kier alpha value is -1.98. The molecule has 12 heteroatoms. The van der Waals surface area contributed by atoms with Crippen LogP contribution in [0.3, 0.4) is 0 Å².